The summed E-state index contributed by atoms with van der Waals surface area (Å²) < 4.78 is 1.56. The smallest absolute Gasteiger partial charge is 0.295 e. The number of para-hydroxylation sites is 1. The third kappa shape index (κ3) is 2.23. The molecular formula is C14H13N5O. The average Bonchev–Trinajstić information content (AvgIpc) is 2.84. The number of fused-ring (bicyclic) bond motifs is 1. The molecule has 0 radical (unpaired) electrons. The minimum atomic E-state index is -0.348. The molecule has 3 aromatic rings. The topological polar surface area (TPSA) is 72.2 Å². The van der Waals surface area contributed by atoms with Crippen LogP contribution in [0, 0.1) is 13.8 Å². The molecule has 6 nitrogen and oxygen atoms in total. The Labute approximate surface area is 115 Å². The summed E-state index contributed by atoms with van der Waals surface area (Å²) in [4.78, 5) is 20.5. The molecule has 100 valence electrons. The molecule has 0 aliphatic carbocycles. The molecular weight excluding hydrogens is 254 g/mol. The zero-order valence-corrected chi connectivity index (χ0v) is 11.2. The van der Waals surface area contributed by atoms with E-state index in [1.54, 1.807) is 16.6 Å². The quantitative estimate of drug-likeness (QED) is 0.770. The third-order valence-electron chi connectivity index (χ3n) is 2.85. The molecule has 0 aliphatic heterocycles. The molecule has 0 bridgehead atoms. The van der Waals surface area contributed by atoms with Gasteiger partial charge in [0, 0.05) is 17.1 Å². The van der Waals surface area contributed by atoms with Crippen LogP contribution in [-0.4, -0.2) is 25.5 Å². The minimum absolute atomic E-state index is 0.107. The van der Waals surface area contributed by atoms with Crippen molar-refractivity contribution >= 4 is 17.4 Å². The predicted octanol–water partition coefficient (Wildman–Crippen LogP) is 1.99. The zero-order valence-electron chi connectivity index (χ0n) is 11.2. The van der Waals surface area contributed by atoms with Crippen molar-refractivity contribution in [2.24, 2.45) is 0 Å². The van der Waals surface area contributed by atoms with Crippen molar-refractivity contribution in [3.05, 3.63) is 53.6 Å². The second kappa shape index (κ2) is 4.73. The van der Waals surface area contributed by atoms with E-state index >= 15 is 0 Å². The maximum Gasteiger partial charge on any atom is 0.295 e. The number of nitrogens with one attached hydrogen (secondary N) is 1. The van der Waals surface area contributed by atoms with Crippen LogP contribution >= 0.6 is 0 Å². The van der Waals surface area contributed by atoms with Crippen LogP contribution in [0.3, 0.4) is 0 Å². The predicted molar refractivity (Wildman–Crippen MR) is 74.7 cm³/mol. The highest BCUT2D eigenvalue weighted by atomic mass is 16.2. The van der Waals surface area contributed by atoms with Gasteiger partial charge in [-0.2, -0.15) is 4.98 Å². The molecule has 3 rings (SSSR count). The number of anilines is 1. The van der Waals surface area contributed by atoms with Crippen LogP contribution < -0.4 is 5.32 Å². The molecule has 0 atom stereocenters. The normalized spacial score (nSPS) is 10.7. The number of amides is 1. The van der Waals surface area contributed by atoms with Gasteiger partial charge in [0.15, 0.2) is 0 Å². The molecule has 0 saturated heterocycles. The summed E-state index contributed by atoms with van der Waals surface area (Å²) in [5.41, 5.74) is 2.44. The Morgan fingerprint density at radius 1 is 1.15 bits per heavy atom. The van der Waals surface area contributed by atoms with Gasteiger partial charge in [-0.3, -0.25) is 4.79 Å². The first-order chi connectivity index (χ1) is 9.63. The van der Waals surface area contributed by atoms with Crippen molar-refractivity contribution in [1.29, 1.82) is 0 Å². The maximum absolute atomic E-state index is 12.1. The van der Waals surface area contributed by atoms with Crippen LogP contribution in [0.4, 0.5) is 5.69 Å². The molecule has 0 saturated carbocycles. The van der Waals surface area contributed by atoms with E-state index in [-0.39, 0.29) is 11.7 Å². The molecule has 0 fully saturated rings. The fourth-order valence-electron chi connectivity index (χ4n) is 1.97. The zero-order chi connectivity index (χ0) is 14.1. The van der Waals surface area contributed by atoms with Gasteiger partial charge in [-0.15, -0.1) is 5.10 Å². The van der Waals surface area contributed by atoms with Crippen molar-refractivity contribution in [2.45, 2.75) is 13.8 Å². The number of benzene rings is 1. The molecule has 0 aliphatic rings. The first-order valence-corrected chi connectivity index (χ1v) is 6.21. The Kier molecular flexibility index (Phi) is 2.90. The standard InChI is InChI=1S/C14H13N5O/c1-9-8-10(2)19-14(15-9)17-12(18-19)13(20)16-11-6-4-3-5-7-11/h3-8H,1-2H3,(H,16,20). The summed E-state index contributed by atoms with van der Waals surface area (Å²) in [5, 5.41) is 6.93. The summed E-state index contributed by atoms with van der Waals surface area (Å²) in [6.45, 7) is 3.78. The van der Waals surface area contributed by atoms with E-state index < -0.39 is 0 Å². The van der Waals surface area contributed by atoms with Crippen molar-refractivity contribution in [1.82, 2.24) is 19.6 Å². The summed E-state index contributed by atoms with van der Waals surface area (Å²) in [6.07, 6.45) is 0. The Morgan fingerprint density at radius 3 is 2.65 bits per heavy atom. The van der Waals surface area contributed by atoms with Gasteiger partial charge in [-0.25, -0.2) is 9.50 Å². The molecule has 1 amide bonds. The molecule has 1 aromatic carbocycles. The van der Waals surface area contributed by atoms with Crippen LogP contribution in [0.25, 0.3) is 5.78 Å². The van der Waals surface area contributed by atoms with E-state index in [1.807, 2.05) is 38.1 Å². The van der Waals surface area contributed by atoms with Crippen LogP contribution in [0.15, 0.2) is 36.4 Å². The number of rotatable bonds is 2. The van der Waals surface area contributed by atoms with Gasteiger partial charge in [-0.05, 0) is 32.0 Å². The van der Waals surface area contributed by atoms with E-state index in [4.69, 9.17) is 0 Å². The third-order valence-corrected chi connectivity index (χ3v) is 2.85. The first kappa shape index (κ1) is 12.3. The van der Waals surface area contributed by atoms with Crippen molar-refractivity contribution in [3.63, 3.8) is 0 Å². The lowest BCUT2D eigenvalue weighted by Gasteiger charge is -2.00. The van der Waals surface area contributed by atoms with Crippen LogP contribution in [0.5, 0.6) is 0 Å². The molecule has 2 aromatic heterocycles. The van der Waals surface area contributed by atoms with Crippen molar-refractivity contribution < 1.29 is 4.79 Å². The Bertz CT molecular complexity index is 779. The number of carbonyl (C=O) groups excluding carboxylic acids is 1. The number of hydrogen-bond acceptors (Lipinski definition) is 4. The van der Waals surface area contributed by atoms with Crippen molar-refractivity contribution in [3.8, 4) is 0 Å². The fourth-order valence-corrected chi connectivity index (χ4v) is 1.97. The van der Waals surface area contributed by atoms with Crippen LogP contribution in [-0.2, 0) is 0 Å². The fraction of sp³-hybridized carbons (Fsp3) is 0.143. The van der Waals surface area contributed by atoms with Gasteiger partial charge in [0.2, 0.25) is 5.82 Å². The summed E-state index contributed by atoms with van der Waals surface area (Å²) in [5.74, 6) is 0.189. The minimum Gasteiger partial charge on any atom is -0.319 e. The number of nitrogens with zero attached hydrogens (tertiary/aromatic N) is 4. The second-order valence-electron chi connectivity index (χ2n) is 4.51. The number of carbonyl (C=O) groups is 1. The SMILES string of the molecule is Cc1cc(C)n2nc(C(=O)Nc3ccccc3)nc2n1. The lowest BCUT2D eigenvalue weighted by molar-refractivity contribution is 0.101. The van der Waals surface area contributed by atoms with E-state index in [0.29, 0.717) is 11.5 Å². The lowest BCUT2D eigenvalue weighted by Crippen LogP contribution is -2.13. The van der Waals surface area contributed by atoms with E-state index in [2.05, 4.69) is 20.4 Å². The molecule has 1 N–H and O–H groups in total. The largest absolute Gasteiger partial charge is 0.319 e. The van der Waals surface area contributed by atoms with Crippen LogP contribution in [0.2, 0.25) is 0 Å². The number of aromatic nitrogens is 4. The summed E-state index contributed by atoms with van der Waals surface area (Å²) in [6, 6.07) is 11.1. The van der Waals surface area contributed by atoms with Gasteiger partial charge in [-0.1, -0.05) is 18.2 Å². The molecule has 0 spiro atoms. The van der Waals surface area contributed by atoms with Gasteiger partial charge in [0.1, 0.15) is 0 Å². The first-order valence-electron chi connectivity index (χ1n) is 6.21. The summed E-state index contributed by atoms with van der Waals surface area (Å²) in [7, 11) is 0. The van der Waals surface area contributed by atoms with Gasteiger partial charge < -0.3 is 5.32 Å². The monoisotopic (exact) mass is 267 g/mol. The van der Waals surface area contributed by atoms with Crippen LogP contribution in [0.1, 0.15) is 22.0 Å². The van der Waals surface area contributed by atoms with E-state index in [0.717, 1.165) is 11.4 Å². The highest BCUT2D eigenvalue weighted by molar-refractivity contribution is 6.01. The summed E-state index contributed by atoms with van der Waals surface area (Å²) >= 11 is 0. The van der Waals surface area contributed by atoms with E-state index in [1.165, 1.54) is 0 Å². The Hall–Kier alpha value is -2.76. The Morgan fingerprint density at radius 2 is 1.90 bits per heavy atom. The molecule has 6 heteroatoms. The number of hydrogen-bond donors (Lipinski definition) is 1. The van der Waals surface area contributed by atoms with Gasteiger partial charge >= 0.3 is 0 Å². The van der Waals surface area contributed by atoms with E-state index in [9.17, 15) is 4.79 Å². The molecule has 20 heavy (non-hydrogen) atoms. The molecule has 0 unspecified atom stereocenters. The second-order valence-corrected chi connectivity index (χ2v) is 4.51. The van der Waals surface area contributed by atoms with Crippen molar-refractivity contribution in [2.75, 3.05) is 5.32 Å². The van der Waals surface area contributed by atoms with Gasteiger partial charge in [0.25, 0.3) is 11.7 Å². The number of aryl methyl sites for hydroxylation is 2. The lowest BCUT2D eigenvalue weighted by atomic mass is 10.3. The highest BCUT2D eigenvalue weighted by Crippen LogP contribution is 2.09. The maximum atomic E-state index is 12.1. The Balaban J connectivity index is 1.94. The average molecular weight is 267 g/mol. The molecule has 2 heterocycles. The van der Waals surface area contributed by atoms with Gasteiger partial charge in [0.05, 0.1) is 0 Å². The highest BCUT2D eigenvalue weighted by Gasteiger charge is 2.14.